The molecule has 0 aromatic heterocycles. The number of fused-ring (bicyclic) bond motifs is 2. The van der Waals surface area contributed by atoms with Gasteiger partial charge in [0.05, 0.1) is 16.4 Å². The number of aliphatic hydroxyl groups excluding tert-OH is 1. The van der Waals surface area contributed by atoms with E-state index in [1.807, 2.05) is 42.5 Å². The zero-order valence-electron chi connectivity index (χ0n) is 10.3. The summed E-state index contributed by atoms with van der Waals surface area (Å²) in [6.07, 6.45) is 0.631. The summed E-state index contributed by atoms with van der Waals surface area (Å²) in [5.74, 6) is 2.52. The van der Waals surface area contributed by atoms with Gasteiger partial charge >= 0.3 is 0 Å². The van der Waals surface area contributed by atoms with Crippen LogP contribution in [0.15, 0.2) is 52.3 Å². The number of benzene rings is 2. The molecule has 1 N–H and O–H groups in total. The Hall–Kier alpha value is -1.65. The summed E-state index contributed by atoms with van der Waals surface area (Å²) in [5.41, 5.74) is 0. The Morgan fingerprint density at radius 2 is 1.89 bits per heavy atom. The molecule has 3 rings (SSSR count). The standard InChI is InChI=1S/C15H14O3S/c16-9-4-10-17-12-6-3-7-13-15(12)19-14-8-2-1-5-11(14)18-13/h1-3,5-8,16H,4,9-10H2. The summed E-state index contributed by atoms with van der Waals surface area (Å²) in [7, 11) is 0. The van der Waals surface area contributed by atoms with Crippen LogP contribution in [0, 0.1) is 0 Å². The van der Waals surface area contributed by atoms with E-state index in [1.54, 1.807) is 11.8 Å². The smallest absolute Gasteiger partial charge is 0.145 e. The second-order valence-electron chi connectivity index (χ2n) is 4.16. The maximum atomic E-state index is 8.80. The molecule has 0 unspecified atom stereocenters. The van der Waals surface area contributed by atoms with Crippen LogP contribution in [-0.2, 0) is 0 Å². The number of hydrogen-bond donors (Lipinski definition) is 1. The lowest BCUT2D eigenvalue weighted by Crippen LogP contribution is -2.02. The van der Waals surface area contributed by atoms with E-state index in [0.717, 1.165) is 27.0 Å². The quantitative estimate of drug-likeness (QED) is 0.736. The van der Waals surface area contributed by atoms with Gasteiger partial charge in [-0.2, -0.15) is 0 Å². The van der Waals surface area contributed by atoms with Crippen LogP contribution in [0.25, 0.3) is 0 Å². The zero-order chi connectivity index (χ0) is 13.1. The summed E-state index contributed by atoms with van der Waals surface area (Å²) < 4.78 is 11.6. The Morgan fingerprint density at radius 3 is 2.79 bits per heavy atom. The minimum atomic E-state index is 0.140. The first-order valence-electron chi connectivity index (χ1n) is 6.20. The van der Waals surface area contributed by atoms with E-state index < -0.39 is 0 Å². The van der Waals surface area contributed by atoms with Crippen LogP contribution in [0.3, 0.4) is 0 Å². The molecule has 0 fully saturated rings. The molecule has 3 nitrogen and oxygen atoms in total. The maximum Gasteiger partial charge on any atom is 0.145 e. The van der Waals surface area contributed by atoms with E-state index >= 15 is 0 Å². The second kappa shape index (κ2) is 5.55. The first kappa shape index (κ1) is 12.4. The molecule has 0 aliphatic carbocycles. The Labute approximate surface area is 116 Å². The summed E-state index contributed by atoms with van der Waals surface area (Å²) in [4.78, 5) is 2.09. The fourth-order valence-corrected chi connectivity index (χ4v) is 2.90. The normalized spacial score (nSPS) is 12.3. The van der Waals surface area contributed by atoms with Crippen molar-refractivity contribution in [3.05, 3.63) is 42.5 Å². The highest BCUT2D eigenvalue weighted by Gasteiger charge is 2.20. The molecule has 0 bridgehead atoms. The molecule has 0 saturated carbocycles. The first-order chi connectivity index (χ1) is 9.38. The molecule has 0 radical (unpaired) electrons. The third-order valence-corrected chi connectivity index (χ3v) is 3.95. The monoisotopic (exact) mass is 274 g/mol. The van der Waals surface area contributed by atoms with Crippen LogP contribution in [0.5, 0.6) is 17.2 Å². The molecule has 0 saturated heterocycles. The molecule has 0 spiro atoms. The minimum Gasteiger partial charge on any atom is -0.492 e. The van der Waals surface area contributed by atoms with Gasteiger partial charge in [-0.1, -0.05) is 30.0 Å². The Bertz CT molecular complexity index is 583. The van der Waals surface area contributed by atoms with Crippen LogP contribution >= 0.6 is 11.8 Å². The van der Waals surface area contributed by atoms with Gasteiger partial charge in [-0.3, -0.25) is 0 Å². The largest absolute Gasteiger partial charge is 0.492 e. The van der Waals surface area contributed by atoms with E-state index in [2.05, 4.69) is 0 Å². The summed E-state index contributed by atoms with van der Waals surface area (Å²) in [6.45, 7) is 0.649. The molecule has 19 heavy (non-hydrogen) atoms. The molecule has 4 heteroatoms. The van der Waals surface area contributed by atoms with Crippen molar-refractivity contribution in [3.8, 4) is 17.2 Å². The topological polar surface area (TPSA) is 38.7 Å². The Morgan fingerprint density at radius 1 is 1.05 bits per heavy atom. The molecule has 2 aromatic rings. The van der Waals surface area contributed by atoms with Gasteiger partial charge in [-0.05, 0) is 24.3 Å². The van der Waals surface area contributed by atoms with Crippen LogP contribution in [-0.4, -0.2) is 18.3 Å². The van der Waals surface area contributed by atoms with Crippen LogP contribution in [0.2, 0.25) is 0 Å². The van der Waals surface area contributed by atoms with Gasteiger partial charge in [-0.25, -0.2) is 0 Å². The van der Waals surface area contributed by atoms with Gasteiger partial charge < -0.3 is 14.6 Å². The average Bonchev–Trinajstić information content (AvgIpc) is 2.46. The third-order valence-electron chi connectivity index (χ3n) is 2.78. The SMILES string of the molecule is OCCCOc1cccc2c1Sc1ccccc1O2. The van der Waals surface area contributed by atoms with Gasteiger partial charge in [0, 0.05) is 13.0 Å². The first-order valence-corrected chi connectivity index (χ1v) is 7.01. The number of para-hydroxylation sites is 1. The fourth-order valence-electron chi connectivity index (χ4n) is 1.88. The van der Waals surface area contributed by atoms with Crippen molar-refractivity contribution in [2.75, 3.05) is 13.2 Å². The predicted octanol–water partition coefficient (Wildman–Crippen LogP) is 3.70. The van der Waals surface area contributed by atoms with Crippen LogP contribution in [0.1, 0.15) is 6.42 Å². The molecule has 1 aliphatic rings. The number of ether oxygens (including phenoxy) is 2. The Kier molecular flexibility index (Phi) is 3.62. The maximum absolute atomic E-state index is 8.80. The van der Waals surface area contributed by atoms with Crippen molar-refractivity contribution in [1.82, 2.24) is 0 Å². The van der Waals surface area contributed by atoms with Gasteiger partial charge in [0.2, 0.25) is 0 Å². The number of rotatable bonds is 4. The van der Waals surface area contributed by atoms with Crippen molar-refractivity contribution < 1.29 is 14.6 Å². The van der Waals surface area contributed by atoms with Crippen molar-refractivity contribution in [1.29, 1.82) is 0 Å². The van der Waals surface area contributed by atoms with Crippen molar-refractivity contribution >= 4 is 11.8 Å². The van der Waals surface area contributed by atoms with Gasteiger partial charge in [0.1, 0.15) is 17.2 Å². The highest BCUT2D eigenvalue weighted by Crippen LogP contribution is 2.50. The van der Waals surface area contributed by atoms with Crippen LogP contribution < -0.4 is 9.47 Å². The summed E-state index contributed by atoms with van der Waals surface area (Å²) in [6, 6.07) is 13.7. The summed E-state index contributed by atoms with van der Waals surface area (Å²) in [5, 5.41) is 8.80. The highest BCUT2D eigenvalue weighted by molar-refractivity contribution is 7.99. The molecular weight excluding hydrogens is 260 g/mol. The zero-order valence-corrected chi connectivity index (χ0v) is 11.2. The average molecular weight is 274 g/mol. The predicted molar refractivity (Wildman–Crippen MR) is 74.3 cm³/mol. The molecule has 98 valence electrons. The lowest BCUT2D eigenvalue weighted by Gasteiger charge is -2.21. The molecule has 0 amide bonds. The number of aliphatic hydroxyl groups is 1. The van der Waals surface area contributed by atoms with Crippen molar-refractivity contribution in [3.63, 3.8) is 0 Å². The lowest BCUT2D eigenvalue weighted by molar-refractivity contribution is 0.230. The third kappa shape index (κ3) is 2.55. The lowest BCUT2D eigenvalue weighted by atomic mass is 10.3. The van der Waals surface area contributed by atoms with E-state index in [-0.39, 0.29) is 6.61 Å². The highest BCUT2D eigenvalue weighted by atomic mass is 32.2. The van der Waals surface area contributed by atoms with Gasteiger partial charge in [0.25, 0.3) is 0 Å². The van der Waals surface area contributed by atoms with Gasteiger partial charge in [0.15, 0.2) is 0 Å². The van der Waals surface area contributed by atoms with E-state index in [1.165, 1.54) is 0 Å². The van der Waals surface area contributed by atoms with Crippen molar-refractivity contribution in [2.24, 2.45) is 0 Å². The molecule has 0 atom stereocenters. The van der Waals surface area contributed by atoms with Crippen LogP contribution in [0.4, 0.5) is 0 Å². The number of hydrogen-bond acceptors (Lipinski definition) is 4. The minimum absolute atomic E-state index is 0.140. The van der Waals surface area contributed by atoms with E-state index in [4.69, 9.17) is 14.6 Å². The van der Waals surface area contributed by atoms with Gasteiger partial charge in [-0.15, -0.1) is 0 Å². The molecule has 1 aliphatic heterocycles. The second-order valence-corrected chi connectivity index (χ2v) is 5.21. The molecule has 2 aromatic carbocycles. The molecule has 1 heterocycles. The molecular formula is C15H14O3S. The Balaban J connectivity index is 1.88. The fraction of sp³-hybridized carbons (Fsp3) is 0.200. The van der Waals surface area contributed by atoms with E-state index in [9.17, 15) is 0 Å². The van der Waals surface area contributed by atoms with E-state index in [0.29, 0.717) is 13.0 Å². The summed E-state index contributed by atoms with van der Waals surface area (Å²) >= 11 is 1.65. The van der Waals surface area contributed by atoms with Crippen molar-refractivity contribution in [2.45, 2.75) is 16.2 Å².